The molecule has 1 heterocycles. The van der Waals surface area contributed by atoms with Crippen molar-refractivity contribution in [2.75, 3.05) is 30.5 Å². The largest absolute Gasteiger partial charge is 0.378 e. The van der Waals surface area contributed by atoms with Gasteiger partial charge in [-0.05, 0) is 35.8 Å². The fraction of sp³-hybridized carbons (Fsp3) is 0.318. The van der Waals surface area contributed by atoms with Crippen LogP contribution in [0.1, 0.15) is 17.5 Å². The zero-order valence-electron chi connectivity index (χ0n) is 16.3. The van der Waals surface area contributed by atoms with E-state index in [1.54, 1.807) is 11.0 Å². The van der Waals surface area contributed by atoms with Gasteiger partial charge in [-0.1, -0.05) is 42.5 Å². The third-order valence-corrected chi connectivity index (χ3v) is 6.71. The molecular weight excluding hydrogens is 372 g/mol. The van der Waals surface area contributed by atoms with Crippen LogP contribution in [0.2, 0.25) is 0 Å². The number of hydrogen-bond acceptors (Lipinski definition) is 4. The van der Waals surface area contributed by atoms with Crippen molar-refractivity contribution in [1.29, 1.82) is 0 Å². The molecule has 0 aliphatic carbocycles. The highest BCUT2D eigenvalue weighted by molar-refractivity contribution is 7.91. The number of benzene rings is 2. The number of rotatable bonds is 6. The van der Waals surface area contributed by atoms with Crippen molar-refractivity contribution in [1.82, 2.24) is 4.90 Å². The zero-order chi connectivity index (χ0) is 20.1. The molecule has 2 aromatic carbocycles. The van der Waals surface area contributed by atoms with Crippen LogP contribution in [-0.2, 0) is 21.2 Å². The molecular formula is C22H26N2O3S. The van der Waals surface area contributed by atoms with Crippen molar-refractivity contribution in [3.63, 3.8) is 0 Å². The van der Waals surface area contributed by atoms with E-state index < -0.39 is 9.84 Å². The summed E-state index contributed by atoms with van der Waals surface area (Å²) >= 11 is 0. The second-order valence-corrected chi connectivity index (χ2v) is 9.56. The quantitative estimate of drug-likeness (QED) is 0.702. The smallest absolute Gasteiger partial charge is 0.247 e. The van der Waals surface area contributed by atoms with E-state index in [4.69, 9.17) is 0 Å². The van der Waals surface area contributed by atoms with Gasteiger partial charge in [-0.25, -0.2) is 8.42 Å². The molecule has 0 spiro atoms. The van der Waals surface area contributed by atoms with Gasteiger partial charge in [0, 0.05) is 38.4 Å². The van der Waals surface area contributed by atoms with Gasteiger partial charge in [0.2, 0.25) is 5.91 Å². The standard InChI is InChI=1S/C22H26N2O3S/c1-23(2)20-11-8-19(9-12-20)16-24(21-14-15-28(26,27)17-21)22(25)13-10-18-6-4-3-5-7-18/h3-13,21H,14-17H2,1-2H3/b13-10+. The highest BCUT2D eigenvalue weighted by atomic mass is 32.2. The van der Waals surface area contributed by atoms with Gasteiger partial charge in [0.05, 0.1) is 11.5 Å². The van der Waals surface area contributed by atoms with E-state index in [-0.39, 0.29) is 23.5 Å². The topological polar surface area (TPSA) is 57.7 Å². The number of nitrogens with zero attached hydrogens (tertiary/aromatic N) is 2. The van der Waals surface area contributed by atoms with Crippen LogP contribution in [0.15, 0.2) is 60.7 Å². The number of amides is 1. The monoisotopic (exact) mass is 398 g/mol. The van der Waals surface area contributed by atoms with Gasteiger partial charge in [-0.2, -0.15) is 0 Å². The lowest BCUT2D eigenvalue weighted by Crippen LogP contribution is -2.39. The van der Waals surface area contributed by atoms with Crippen molar-refractivity contribution in [2.24, 2.45) is 0 Å². The molecule has 0 aromatic heterocycles. The predicted octanol–water partition coefficient (Wildman–Crippen LogP) is 2.98. The van der Waals surface area contributed by atoms with Crippen LogP contribution in [0.25, 0.3) is 6.08 Å². The van der Waals surface area contributed by atoms with Gasteiger partial charge < -0.3 is 9.80 Å². The van der Waals surface area contributed by atoms with E-state index in [1.807, 2.05) is 73.6 Å². The average Bonchev–Trinajstić information content (AvgIpc) is 3.05. The van der Waals surface area contributed by atoms with Crippen molar-refractivity contribution >= 4 is 27.5 Å². The number of carbonyl (C=O) groups is 1. The second kappa shape index (κ2) is 8.61. The highest BCUT2D eigenvalue weighted by Crippen LogP contribution is 2.22. The summed E-state index contributed by atoms with van der Waals surface area (Å²) in [4.78, 5) is 16.6. The molecule has 28 heavy (non-hydrogen) atoms. The van der Waals surface area contributed by atoms with Crippen molar-refractivity contribution in [3.8, 4) is 0 Å². The van der Waals surface area contributed by atoms with E-state index in [0.717, 1.165) is 16.8 Å². The Morgan fingerprint density at radius 3 is 2.32 bits per heavy atom. The number of hydrogen-bond donors (Lipinski definition) is 0. The minimum absolute atomic E-state index is 0.0354. The van der Waals surface area contributed by atoms with E-state index in [2.05, 4.69) is 0 Å². The lowest BCUT2D eigenvalue weighted by molar-refractivity contribution is -0.128. The van der Waals surface area contributed by atoms with Crippen molar-refractivity contribution in [2.45, 2.75) is 19.0 Å². The van der Waals surface area contributed by atoms with Gasteiger partial charge in [0.25, 0.3) is 0 Å². The maximum atomic E-state index is 12.9. The first kappa shape index (κ1) is 20.1. The van der Waals surface area contributed by atoms with Gasteiger partial charge in [-0.3, -0.25) is 4.79 Å². The Morgan fingerprint density at radius 1 is 1.07 bits per heavy atom. The Morgan fingerprint density at radius 2 is 1.75 bits per heavy atom. The minimum atomic E-state index is -3.08. The summed E-state index contributed by atoms with van der Waals surface area (Å²) in [6.45, 7) is 0.395. The van der Waals surface area contributed by atoms with Crippen LogP contribution in [-0.4, -0.2) is 50.9 Å². The lowest BCUT2D eigenvalue weighted by Gasteiger charge is -2.27. The first-order valence-electron chi connectivity index (χ1n) is 9.34. The molecule has 1 aliphatic heterocycles. The fourth-order valence-corrected chi connectivity index (χ4v) is 5.06. The summed E-state index contributed by atoms with van der Waals surface area (Å²) in [5.41, 5.74) is 3.00. The molecule has 1 fully saturated rings. The van der Waals surface area contributed by atoms with Crippen LogP contribution in [0.4, 0.5) is 5.69 Å². The summed E-state index contributed by atoms with van der Waals surface area (Å²) < 4.78 is 23.9. The summed E-state index contributed by atoms with van der Waals surface area (Å²) in [6, 6.07) is 17.3. The normalized spacial score (nSPS) is 18.3. The number of sulfone groups is 1. The highest BCUT2D eigenvalue weighted by Gasteiger charge is 2.34. The number of carbonyl (C=O) groups excluding carboxylic acids is 1. The maximum absolute atomic E-state index is 12.9. The van der Waals surface area contributed by atoms with Gasteiger partial charge in [-0.15, -0.1) is 0 Å². The lowest BCUT2D eigenvalue weighted by atomic mass is 10.1. The molecule has 3 rings (SSSR count). The van der Waals surface area contributed by atoms with Gasteiger partial charge in [0.1, 0.15) is 0 Å². The molecule has 1 amide bonds. The van der Waals surface area contributed by atoms with Crippen molar-refractivity contribution < 1.29 is 13.2 Å². The molecule has 1 atom stereocenters. The summed E-state index contributed by atoms with van der Waals surface area (Å²) in [6.07, 6.45) is 3.80. The van der Waals surface area contributed by atoms with Crippen LogP contribution < -0.4 is 4.90 Å². The molecule has 1 aliphatic rings. The first-order valence-corrected chi connectivity index (χ1v) is 11.2. The maximum Gasteiger partial charge on any atom is 0.247 e. The third kappa shape index (κ3) is 5.23. The second-order valence-electron chi connectivity index (χ2n) is 7.33. The van der Waals surface area contributed by atoms with Crippen molar-refractivity contribution in [3.05, 3.63) is 71.8 Å². The number of anilines is 1. The average molecular weight is 399 g/mol. The SMILES string of the molecule is CN(C)c1ccc(CN(C(=O)/C=C/c2ccccc2)C2CCS(=O)(=O)C2)cc1. The van der Waals surface area contributed by atoms with Crippen LogP contribution in [0.3, 0.4) is 0 Å². The van der Waals surface area contributed by atoms with E-state index in [1.165, 1.54) is 6.08 Å². The van der Waals surface area contributed by atoms with E-state index in [9.17, 15) is 13.2 Å². The van der Waals surface area contributed by atoms with E-state index >= 15 is 0 Å². The molecule has 1 unspecified atom stereocenters. The molecule has 2 aromatic rings. The third-order valence-electron chi connectivity index (χ3n) is 4.96. The molecule has 5 nitrogen and oxygen atoms in total. The minimum Gasteiger partial charge on any atom is -0.378 e. The zero-order valence-corrected chi connectivity index (χ0v) is 17.1. The van der Waals surface area contributed by atoms with Crippen LogP contribution in [0, 0.1) is 0 Å². The summed E-state index contributed by atoms with van der Waals surface area (Å²) in [5.74, 6) is 0.0135. The molecule has 0 radical (unpaired) electrons. The Labute approximate surface area is 167 Å². The van der Waals surface area contributed by atoms with Crippen LogP contribution >= 0.6 is 0 Å². The molecule has 148 valence electrons. The Bertz CT molecular complexity index is 936. The Kier molecular flexibility index (Phi) is 6.19. The Balaban J connectivity index is 1.80. The predicted molar refractivity (Wildman–Crippen MR) is 114 cm³/mol. The Hall–Kier alpha value is -2.60. The molecule has 0 bridgehead atoms. The molecule has 0 saturated carbocycles. The summed E-state index contributed by atoms with van der Waals surface area (Å²) in [5, 5.41) is 0. The van der Waals surface area contributed by atoms with Crippen LogP contribution in [0.5, 0.6) is 0 Å². The molecule has 0 N–H and O–H groups in total. The molecule has 6 heteroatoms. The first-order chi connectivity index (χ1) is 13.3. The van der Waals surface area contributed by atoms with E-state index in [0.29, 0.717) is 13.0 Å². The van der Waals surface area contributed by atoms with Gasteiger partial charge >= 0.3 is 0 Å². The molecule has 1 saturated heterocycles. The van der Waals surface area contributed by atoms with Gasteiger partial charge in [0.15, 0.2) is 9.84 Å². The fourth-order valence-electron chi connectivity index (χ4n) is 3.33. The summed E-state index contributed by atoms with van der Waals surface area (Å²) in [7, 11) is 0.874.